The highest BCUT2D eigenvalue weighted by Gasteiger charge is 2.20. The van der Waals surface area contributed by atoms with Crippen LogP contribution in [0.15, 0.2) is 34.1 Å². The van der Waals surface area contributed by atoms with Crippen molar-refractivity contribution in [3.63, 3.8) is 0 Å². The average molecular weight is 440 g/mol. The van der Waals surface area contributed by atoms with Crippen molar-refractivity contribution >= 4 is 49.9 Å². The highest BCUT2D eigenvalue weighted by Crippen LogP contribution is 2.46. The molecule has 0 unspecified atom stereocenters. The molecule has 0 aromatic carbocycles. The van der Waals surface area contributed by atoms with Gasteiger partial charge in [-0.3, -0.25) is 0 Å². The molecule has 0 amide bonds. The van der Waals surface area contributed by atoms with Gasteiger partial charge in [0, 0.05) is 24.0 Å². The van der Waals surface area contributed by atoms with Crippen LogP contribution in [0.25, 0.3) is 19.5 Å². The Kier molecular flexibility index (Phi) is 4.89. The van der Waals surface area contributed by atoms with Gasteiger partial charge >= 0.3 is 0 Å². The van der Waals surface area contributed by atoms with Gasteiger partial charge in [-0.05, 0) is 62.0 Å². The normalized spacial score (nSPS) is 12.8. The number of halogens is 1. The van der Waals surface area contributed by atoms with E-state index >= 15 is 0 Å². The Labute approximate surface area is 165 Å². The van der Waals surface area contributed by atoms with E-state index < -0.39 is 0 Å². The molecule has 0 aliphatic rings. The van der Waals surface area contributed by atoms with E-state index in [1.807, 2.05) is 34.0 Å². The van der Waals surface area contributed by atoms with Crippen LogP contribution in [0.4, 0.5) is 0 Å². The molecule has 0 bridgehead atoms. The first-order chi connectivity index (χ1) is 11.1. The van der Waals surface area contributed by atoms with Crippen LogP contribution in [0.3, 0.4) is 0 Å². The molecule has 0 saturated heterocycles. The molecule has 0 radical (unpaired) electrons. The van der Waals surface area contributed by atoms with Gasteiger partial charge in [0.1, 0.15) is 0 Å². The van der Waals surface area contributed by atoms with Crippen molar-refractivity contribution in [2.45, 2.75) is 52.4 Å². The van der Waals surface area contributed by atoms with Crippen LogP contribution < -0.4 is 0 Å². The standard InChI is InChI=1S/C20H23BrS3/c1-19(2,3)12-9-15(22-11-12)16-10-13(21)18(24-16)14-7-8-17(23-14)20(4,5)6/h7-11H,1-6H3. The van der Waals surface area contributed by atoms with Crippen molar-refractivity contribution in [1.29, 1.82) is 0 Å². The highest BCUT2D eigenvalue weighted by atomic mass is 79.9. The Hall–Kier alpha value is -0.420. The summed E-state index contributed by atoms with van der Waals surface area (Å²) in [4.78, 5) is 6.85. The van der Waals surface area contributed by atoms with Gasteiger partial charge < -0.3 is 0 Å². The molecule has 0 aliphatic carbocycles. The van der Waals surface area contributed by atoms with E-state index in [2.05, 4.69) is 87.1 Å². The smallest absolute Gasteiger partial charge is 0.0591 e. The lowest BCUT2D eigenvalue weighted by atomic mass is 9.89. The van der Waals surface area contributed by atoms with E-state index in [-0.39, 0.29) is 10.8 Å². The molecule has 3 aromatic heterocycles. The quantitative estimate of drug-likeness (QED) is 0.375. The van der Waals surface area contributed by atoms with Crippen molar-refractivity contribution < 1.29 is 0 Å². The van der Waals surface area contributed by atoms with Crippen LogP contribution in [0.2, 0.25) is 0 Å². The maximum Gasteiger partial charge on any atom is 0.0591 e. The maximum absolute atomic E-state index is 3.78. The number of hydrogen-bond acceptors (Lipinski definition) is 3. The van der Waals surface area contributed by atoms with Gasteiger partial charge in [-0.25, -0.2) is 0 Å². The minimum absolute atomic E-state index is 0.210. The minimum Gasteiger partial charge on any atom is -0.143 e. The second-order valence-electron chi connectivity index (χ2n) is 8.15. The largest absolute Gasteiger partial charge is 0.143 e. The monoisotopic (exact) mass is 438 g/mol. The second kappa shape index (κ2) is 6.39. The summed E-state index contributed by atoms with van der Waals surface area (Å²) in [6, 6.07) is 9.16. The van der Waals surface area contributed by atoms with Crippen LogP contribution in [0.1, 0.15) is 52.0 Å². The first-order valence-electron chi connectivity index (χ1n) is 8.05. The third-order valence-electron chi connectivity index (χ3n) is 3.96. The predicted molar refractivity (Wildman–Crippen MR) is 116 cm³/mol. The zero-order chi connectivity index (χ0) is 17.7. The van der Waals surface area contributed by atoms with Crippen LogP contribution in [-0.4, -0.2) is 0 Å². The van der Waals surface area contributed by atoms with Crippen molar-refractivity contribution in [2.24, 2.45) is 0 Å². The van der Waals surface area contributed by atoms with Crippen molar-refractivity contribution in [1.82, 2.24) is 0 Å². The van der Waals surface area contributed by atoms with Gasteiger partial charge in [-0.2, -0.15) is 0 Å². The fourth-order valence-electron chi connectivity index (χ4n) is 2.38. The molecule has 3 rings (SSSR count). The summed E-state index contributed by atoms with van der Waals surface area (Å²) in [5.41, 5.74) is 1.84. The summed E-state index contributed by atoms with van der Waals surface area (Å²) < 4.78 is 1.20. The van der Waals surface area contributed by atoms with E-state index in [0.717, 1.165) is 0 Å². The molecule has 3 heterocycles. The summed E-state index contributed by atoms with van der Waals surface area (Å²) in [5.74, 6) is 0. The van der Waals surface area contributed by atoms with Gasteiger partial charge in [0.15, 0.2) is 0 Å². The van der Waals surface area contributed by atoms with E-state index in [1.165, 1.54) is 34.4 Å². The van der Waals surface area contributed by atoms with Gasteiger partial charge in [-0.1, -0.05) is 41.5 Å². The first-order valence-corrected chi connectivity index (χ1v) is 11.4. The second-order valence-corrected chi connectivity index (χ2v) is 12.1. The van der Waals surface area contributed by atoms with E-state index in [9.17, 15) is 0 Å². The molecule has 0 saturated carbocycles. The van der Waals surface area contributed by atoms with Crippen LogP contribution in [0.5, 0.6) is 0 Å². The molecule has 24 heavy (non-hydrogen) atoms. The lowest BCUT2D eigenvalue weighted by Gasteiger charge is -2.15. The van der Waals surface area contributed by atoms with E-state index in [0.29, 0.717) is 0 Å². The van der Waals surface area contributed by atoms with Gasteiger partial charge in [0.2, 0.25) is 0 Å². The molecule has 0 atom stereocenters. The molecule has 0 aliphatic heterocycles. The third kappa shape index (κ3) is 3.72. The number of hydrogen-bond donors (Lipinski definition) is 0. The number of thiophene rings is 3. The first kappa shape index (κ1) is 18.4. The summed E-state index contributed by atoms with van der Waals surface area (Å²) in [6.07, 6.45) is 0. The molecule has 128 valence electrons. The van der Waals surface area contributed by atoms with Crippen molar-refractivity contribution in [3.8, 4) is 19.5 Å². The Morgan fingerprint density at radius 2 is 1.50 bits per heavy atom. The average Bonchev–Trinajstić information content (AvgIpc) is 3.14. The Morgan fingerprint density at radius 1 is 0.792 bits per heavy atom. The fraction of sp³-hybridized carbons (Fsp3) is 0.400. The Bertz CT molecular complexity index is 850. The van der Waals surface area contributed by atoms with E-state index in [4.69, 9.17) is 0 Å². The lowest BCUT2D eigenvalue weighted by Crippen LogP contribution is -2.08. The van der Waals surface area contributed by atoms with Crippen LogP contribution in [-0.2, 0) is 10.8 Å². The maximum atomic E-state index is 3.78. The van der Waals surface area contributed by atoms with Crippen LogP contribution >= 0.6 is 49.9 Å². The molecule has 0 N–H and O–H groups in total. The molecular formula is C20H23BrS3. The summed E-state index contributed by atoms with van der Waals surface area (Å²) in [5, 5.41) is 2.30. The van der Waals surface area contributed by atoms with Gasteiger partial charge in [0.25, 0.3) is 0 Å². The van der Waals surface area contributed by atoms with Crippen molar-refractivity contribution in [3.05, 3.63) is 44.6 Å². The Morgan fingerprint density at radius 3 is 2.04 bits per heavy atom. The lowest BCUT2D eigenvalue weighted by molar-refractivity contribution is 0.593. The SMILES string of the molecule is CC(C)(C)c1csc(-c2cc(Br)c(-c3ccc(C(C)(C)C)s3)s2)c1. The van der Waals surface area contributed by atoms with Gasteiger partial charge in [0.05, 0.1) is 4.88 Å². The molecule has 0 fully saturated rings. The summed E-state index contributed by atoms with van der Waals surface area (Å²) in [7, 11) is 0. The predicted octanol–water partition coefficient (Wildman–Crippen LogP) is 8.56. The van der Waals surface area contributed by atoms with Crippen molar-refractivity contribution in [2.75, 3.05) is 0 Å². The zero-order valence-electron chi connectivity index (χ0n) is 15.0. The zero-order valence-corrected chi connectivity index (χ0v) is 19.0. The van der Waals surface area contributed by atoms with Gasteiger partial charge in [-0.15, -0.1) is 34.0 Å². The molecule has 3 aromatic rings. The molecule has 0 spiro atoms. The molecular weight excluding hydrogens is 416 g/mol. The fourth-order valence-corrected chi connectivity index (χ4v) is 6.81. The molecule has 0 nitrogen and oxygen atoms in total. The van der Waals surface area contributed by atoms with Crippen LogP contribution in [0, 0.1) is 0 Å². The summed E-state index contributed by atoms with van der Waals surface area (Å²) >= 11 is 9.42. The Balaban J connectivity index is 1.96. The number of rotatable bonds is 2. The topological polar surface area (TPSA) is 0 Å². The highest BCUT2D eigenvalue weighted by molar-refractivity contribution is 9.10. The van der Waals surface area contributed by atoms with E-state index in [1.54, 1.807) is 0 Å². The summed E-state index contributed by atoms with van der Waals surface area (Å²) in [6.45, 7) is 13.6. The molecule has 4 heteroatoms. The minimum atomic E-state index is 0.210. The third-order valence-corrected chi connectivity index (χ3v) is 8.80.